The van der Waals surface area contributed by atoms with E-state index in [0.717, 1.165) is 23.1 Å². The first-order valence-corrected chi connectivity index (χ1v) is 8.16. The van der Waals surface area contributed by atoms with Crippen molar-refractivity contribution >= 4 is 28.5 Å². The number of carboxylic acid groups (broad SMARTS) is 1. The maximum Gasteiger partial charge on any atom is 0.336 e. The molecule has 6 nitrogen and oxygen atoms in total. The molecule has 0 saturated heterocycles. The summed E-state index contributed by atoms with van der Waals surface area (Å²) in [6.07, 6.45) is -0.323. The Morgan fingerprint density at radius 1 is 1.15 bits per heavy atom. The van der Waals surface area contributed by atoms with Gasteiger partial charge in [-0.15, -0.1) is 0 Å². The normalized spacial score (nSPS) is 11.9. The summed E-state index contributed by atoms with van der Waals surface area (Å²) in [5.41, 5.74) is 1.29. The van der Waals surface area contributed by atoms with Crippen molar-refractivity contribution in [2.24, 2.45) is 0 Å². The molecule has 1 heterocycles. The van der Waals surface area contributed by atoms with Gasteiger partial charge in [0.2, 0.25) is 5.91 Å². The lowest BCUT2D eigenvalue weighted by Gasteiger charge is -2.13. The Labute approximate surface area is 153 Å². The summed E-state index contributed by atoms with van der Waals surface area (Å²) < 4.78 is 18.2. The molecule has 3 rings (SSSR count). The smallest absolute Gasteiger partial charge is 0.336 e. The maximum atomic E-state index is 13.0. The number of carboxylic acids is 1. The van der Waals surface area contributed by atoms with Crippen molar-refractivity contribution in [2.75, 3.05) is 5.32 Å². The number of nitrogens with one attached hydrogen (secondary N) is 1. The van der Waals surface area contributed by atoms with E-state index >= 15 is 0 Å². The lowest BCUT2D eigenvalue weighted by Crippen LogP contribution is -2.21. The molecule has 1 atom stereocenters. The molecule has 0 aliphatic carbocycles. The number of anilines is 1. The average Bonchev–Trinajstić information content (AvgIpc) is 2.60. The van der Waals surface area contributed by atoms with Gasteiger partial charge in [-0.25, -0.2) is 9.18 Å². The molecule has 138 valence electrons. The molecule has 0 aliphatic heterocycles. The zero-order valence-electron chi connectivity index (χ0n) is 14.4. The maximum absolute atomic E-state index is 13.0. The van der Waals surface area contributed by atoms with E-state index < -0.39 is 29.2 Å². The number of aliphatic carboxylic acids is 1. The average molecular weight is 369 g/mol. The van der Waals surface area contributed by atoms with Crippen LogP contribution >= 0.6 is 0 Å². The number of aryl methyl sites for hydroxylation is 1. The van der Waals surface area contributed by atoms with Crippen LogP contribution in [0, 0.1) is 12.7 Å². The van der Waals surface area contributed by atoms with Gasteiger partial charge in [-0.2, -0.15) is 0 Å². The Morgan fingerprint density at radius 2 is 1.85 bits per heavy atom. The van der Waals surface area contributed by atoms with E-state index in [2.05, 4.69) is 5.32 Å². The molecule has 0 fully saturated rings. The molecule has 0 radical (unpaired) electrons. The molecule has 1 aromatic heterocycles. The molecule has 0 unspecified atom stereocenters. The number of carbonyl (C=O) groups excluding carboxylic acids is 1. The summed E-state index contributed by atoms with van der Waals surface area (Å²) >= 11 is 0. The highest BCUT2D eigenvalue weighted by atomic mass is 19.1. The predicted molar refractivity (Wildman–Crippen MR) is 97.2 cm³/mol. The number of amides is 1. The number of benzene rings is 2. The van der Waals surface area contributed by atoms with Crippen LogP contribution in [0.2, 0.25) is 0 Å². The second-order valence-electron chi connectivity index (χ2n) is 6.15. The molecule has 2 aromatic carbocycles. The van der Waals surface area contributed by atoms with E-state index in [1.54, 1.807) is 19.1 Å². The molecule has 0 spiro atoms. The fourth-order valence-electron chi connectivity index (χ4n) is 2.84. The monoisotopic (exact) mass is 369 g/mol. The molecule has 3 aromatic rings. The van der Waals surface area contributed by atoms with Crippen molar-refractivity contribution in [3.8, 4) is 0 Å². The first-order valence-electron chi connectivity index (χ1n) is 8.16. The zero-order chi connectivity index (χ0) is 19.6. The van der Waals surface area contributed by atoms with Gasteiger partial charge in [-0.05, 0) is 42.3 Å². The molecule has 1 amide bonds. The van der Waals surface area contributed by atoms with Gasteiger partial charge in [0, 0.05) is 29.6 Å². The lowest BCUT2D eigenvalue weighted by molar-refractivity contribution is -0.140. The molecule has 0 saturated carbocycles. The summed E-state index contributed by atoms with van der Waals surface area (Å²) in [7, 11) is 0. The van der Waals surface area contributed by atoms with Gasteiger partial charge in [0.15, 0.2) is 0 Å². The molecule has 0 aliphatic rings. The summed E-state index contributed by atoms with van der Waals surface area (Å²) in [6, 6.07) is 11.2. The molecular formula is C20H16FNO5. The van der Waals surface area contributed by atoms with E-state index in [9.17, 15) is 23.9 Å². The topological polar surface area (TPSA) is 96.6 Å². The molecule has 2 N–H and O–H groups in total. The van der Waals surface area contributed by atoms with E-state index in [-0.39, 0.29) is 6.42 Å². The number of carbonyl (C=O) groups is 2. The molecule has 27 heavy (non-hydrogen) atoms. The molecule has 7 heteroatoms. The Morgan fingerprint density at radius 3 is 2.52 bits per heavy atom. The van der Waals surface area contributed by atoms with Gasteiger partial charge in [0.25, 0.3) is 0 Å². The number of rotatable bonds is 5. The van der Waals surface area contributed by atoms with Crippen molar-refractivity contribution in [3.05, 3.63) is 75.9 Å². The standard InChI is InChI=1S/C20H16FNO5/c1-11-8-19(24)27-17-9-14(6-7-15(11)17)22-18(23)10-16(20(25)26)12-2-4-13(21)5-3-12/h2-9,16H,10H2,1H3,(H,22,23)(H,25,26)/t16-/m0/s1. The Kier molecular flexibility index (Phi) is 5.03. The van der Waals surface area contributed by atoms with Crippen LogP contribution in [0.5, 0.6) is 0 Å². The van der Waals surface area contributed by atoms with Crippen molar-refractivity contribution in [3.63, 3.8) is 0 Å². The number of hydrogen-bond acceptors (Lipinski definition) is 4. The minimum atomic E-state index is -1.18. The van der Waals surface area contributed by atoms with E-state index in [0.29, 0.717) is 16.8 Å². The van der Waals surface area contributed by atoms with Gasteiger partial charge >= 0.3 is 11.6 Å². The fraction of sp³-hybridized carbons (Fsp3) is 0.150. The fourth-order valence-corrected chi connectivity index (χ4v) is 2.84. The summed E-state index contributed by atoms with van der Waals surface area (Å²) in [5, 5.41) is 12.7. The first kappa shape index (κ1) is 18.3. The minimum absolute atomic E-state index is 0.323. The lowest BCUT2D eigenvalue weighted by atomic mass is 9.95. The zero-order valence-corrected chi connectivity index (χ0v) is 14.4. The largest absolute Gasteiger partial charge is 0.481 e. The summed E-state index contributed by atoms with van der Waals surface area (Å²) in [5.74, 6) is -3.30. The van der Waals surface area contributed by atoms with Gasteiger partial charge in [0.1, 0.15) is 11.4 Å². The van der Waals surface area contributed by atoms with Crippen molar-refractivity contribution in [1.29, 1.82) is 0 Å². The first-order chi connectivity index (χ1) is 12.8. The second-order valence-corrected chi connectivity index (χ2v) is 6.15. The van der Waals surface area contributed by atoms with Gasteiger partial charge < -0.3 is 14.8 Å². The molecule has 0 bridgehead atoms. The van der Waals surface area contributed by atoms with Crippen LogP contribution in [-0.4, -0.2) is 17.0 Å². The van der Waals surface area contributed by atoms with Crippen molar-refractivity contribution < 1.29 is 23.5 Å². The van der Waals surface area contributed by atoms with Gasteiger partial charge in [0.05, 0.1) is 5.92 Å². The highest BCUT2D eigenvalue weighted by Crippen LogP contribution is 2.23. The van der Waals surface area contributed by atoms with E-state index in [1.807, 2.05) is 0 Å². The second kappa shape index (κ2) is 7.41. The predicted octanol–water partition coefficient (Wildman–Crippen LogP) is 3.44. The number of halogens is 1. The van der Waals surface area contributed by atoms with Crippen LogP contribution in [0.15, 0.2) is 57.7 Å². The Bertz CT molecular complexity index is 1070. The van der Waals surface area contributed by atoms with Crippen LogP contribution in [0.3, 0.4) is 0 Å². The minimum Gasteiger partial charge on any atom is -0.481 e. The Balaban J connectivity index is 1.79. The third-order valence-electron chi connectivity index (χ3n) is 4.20. The van der Waals surface area contributed by atoms with E-state index in [1.165, 1.54) is 24.3 Å². The van der Waals surface area contributed by atoms with Crippen molar-refractivity contribution in [2.45, 2.75) is 19.3 Å². The SMILES string of the molecule is Cc1cc(=O)oc2cc(NC(=O)C[C@H](C(=O)O)c3ccc(F)cc3)ccc12. The molecular weight excluding hydrogens is 353 g/mol. The number of hydrogen-bond donors (Lipinski definition) is 2. The summed E-state index contributed by atoms with van der Waals surface area (Å²) in [4.78, 5) is 35.3. The van der Waals surface area contributed by atoms with Crippen LogP contribution in [0.4, 0.5) is 10.1 Å². The van der Waals surface area contributed by atoms with Crippen LogP contribution < -0.4 is 10.9 Å². The Hall–Kier alpha value is -3.48. The van der Waals surface area contributed by atoms with Gasteiger partial charge in [-0.1, -0.05) is 12.1 Å². The van der Waals surface area contributed by atoms with Crippen LogP contribution in [0.1, 0.15) is 23.5 Å². The van der Waals surface area contributed by atoms with E-state index in [4.69, 9.17) is 4.42 Å². The van der Waals surface area contributed by atoms with Crippen LogP contribution in [-0.2, 0) is 9.59 Å². The third kappa shape index (κ3) is 4.20. The number of fused-ring (bicyclic) bond motifs is 1. The van der Waals surface area contributed by atoms with Crippen LogP contribution in [0.25, 0.3) is 11.0 Å². The van der Waals surface area contributed by atoms with Gasteiger partial charge in [-0.3, -0.25) is 9.59 Å². The third-order valence-corrected chi connectivity index (χ3v) is 4.20. The quantitative estimate of drug-likeness (QED) is 0.672. The highest BCUT2D eigenvalue weighted by Gasteiger charge is 2.23. The summed E-state index contributed by atoms with van der Waals surface area (Å²) in [6.45, 7) is 1.78. The van der Waals surface area contributed by atoms with Crippen molar-refractivity contribution in [1.82, 2.24) is 0 Å². The highest BCUT2D eigenvalue weighted by molar-refractivity contribution is 5.96.